The van der Waals surface area contributed by atoms with Gasteiger partial charge in [0.05, 0.1) is 6.04 Å². The van der Waals surface area contributed by atoms with Crippen LogP contribution in [-0.4, -0.2) is 27.6 Å². The van der Waals surface area contributed by atoms with Crippen molar-refractivity contribution in [3.8, 4) is 0 Å². The molecule has 0 saturated carbocycles. The molecule has 1 N–H and O–H groups in total. The zero-order chi connectivity index (χ0) is 12.3. The van der Waals surface area contributed by atoms with Crippen molar-refractivity contribution in [2.75, 3.05) is 21.3 Å². The minimum Gasteiger partial charge on any atom is -0.354 e. The molecule has 1 heterocycles. The number of thiophene rings is 1. The van der Waals surface area contributed by atoms with E-state index in [0.29, 0.717) is 0 Å². The first-order valence-electron chi connectivity index (χ1n) is 5.50. The fourth-order valence-corrected chi connectivity index (χ4v) is 3.02. The molecular formula is C13H17NO2S. The molecule has 0 radical (unpaired) electrons. The quantitative estimate of drug-likeness (QED) is 0.829. The highest BCUT2D eigenvalue weighted by Crippen LogP contribution is 2.31. The Hall–Kier alpha value is -0.940. The van der Waals surface area contributed by atoms with Crippen LogP contribution < -0.4 is 5.32 Å². The van der Waals surface area contributed by atoms with Crippen molar-refractivity contribution in [3.05, 3.63) is 35.2 Å². The Morgan fingerprint density at radius 1 is 1.18 bits per heavy atom. The first kappa shape index (κ1) is 12.5. The van der Waals surface area contributed by atoms with Gasteiger partial charge in [-0.05, 0) is 29.4 Å². The summed E-state index contributed by atoms with van der Waals surface area (Å²) in [5, 5.41) is 6.63. The van der Waals surface area contributed by atoms with E-state index < -0.39 is 0 Å². The largest absolute Gasteiger partial charge is 0.354 e. The highest BCUT2D eigenvalue weighted by atomic mass is 32.1. The molecule has 1 unspecified atom stereocenters. The number of nitrogens with one attached hydrogen (secondary N) is 1. The maximum Gasteiger partial charge on any atom is 0.176 e. The molecule has 0 amide bonds. The van der Waals surface area contributed by atoms with Gasteiger partial charge in [-0.3, -0.25) is 0 Å². The van der Waals surface area contributed by atoms with Crippen molar-refractivity contribution < 1.29 is 9.47 Å². The number of fused-ring (bicyclic) bond motifs is 1. The number of benzene rings is 1. The van der Waals surface area contributed by atoms with Crippen molar-refractivity contribution >= 4 is 21.4 Å². The topological polar surface area (TPSA) is 30.5 Å². The molecule has 0 spiro atoms. The highest BCUT2D eigenvalue weighted by Gasteiger charge is 2.23. The zero-order valence-electron chi connectivity index (χ0n) is 10.3. The van der Waals surface area contributed by atoms with Crippen LogP contribution in [0.25, 0.3) is 10.1 Å². The van der Waals surface area contributed by atoms with Crippen molar-refractivity contribution in [1.82, 2.24) is 5.32 Å². The Labute approximate surface area is 105 Å². The monoisotopic (exact) mass is 251 g/mol. The normalized spacial score (nSPS) is 13.4. The summed E-state index contributed by atoms with van der Waals surface area (Å²) in [5.41, 5.74) is 1.22. The molecule has 4 heteroatoms. The standard InChI is InChI=1S/C13H17NO2S/c1-14-11(13(15-2)16-3)10-6-4-5-9-7-8-17-12(9)10/h4-8,11,13-14H,1-3H3. The first-order valence-corrected chi connectivity index (χ1v) is 6.38. The third-order valence-electron chi connectivity index (χ3n) is 2.89. The molecule has 0 aliphatic rings. The van der Waals surface area contributed by atoms with Crippen LogP contribution in [0.15, 0.2) is 29.6 Å². The molecule has 0 bridgehead atoms. The molecule has 1 aromatic carbocycles. The molecule has 92 valence electrons. The smallest absolute Gasteiger partial charge is 0.176 e. The third kappa shape index (κ3) is 2.35. The molecule has 17 heavy (non-hydrogen) atoms. The molecule has 3 nitrogen and oxygen atoms in total. The van der Waals surface area contributed by atoms with Crippen LogP contribution in [0.2, 0.25) is 0 Å². The first-order chi connectivity index (χ1) is 8.31. The van der Waals surface area contributed by atoms with E-state index in [0.717, 1.165) is 0 Å². The summed E-state index contributed by atoms with van der Waals surface area (Å²) in [4.78, 5) is 0. The Balaban J connectivity index is 2.45. The lowest BCUT2D eigenvalue weighted by Crippen LogP contribution is -2.32. The Kier molecular flexibility index (Phi) is 4.12. The van der Waals surface area contributed by atoms with Gasteiger partial charge in [-0.25, -0.2) is 0 Å². The summed E-state index contributed by atoms with van der Waals surface area (Å²) in [6.07, 6.45) is -0.285. The van der Waals surface area contributed by atoms with Crippen LogP contribution in [0, 0.1) is 0 Å². The predicted molar refractivity (Wildman–Crippen MR) is 71.4 cm³/mol. The maximum absolute atomic E-state index is 5.35. The molecule has 2 aromatic rings. The molecule has 2 rings (SSSR count). The van der Waals surface area contributed by atoms with Gasteiger partial charge in [0, 0.05) is 18.9 Å². The van der Waals surface area contributed by atoms with Gasteiger partial charge < -0.3 is 14.8 Å². The van der Waals surface area contributed by atoms with Crippen molar-refractivity contribution in [2.24, 2.45) is 0 Å². The van der Waals surface area contributed by atoms with Gasteiger partial charge in [-0.1, -0.05) is 18.2 Å². The molecule has 1 atom stereocenters. The average Bonchev–Trinajstić information content (AvgIpc) is 2.84. The van der Waals surface area contributed by atoms with E-state index in [2.05, 4.69) is 35.0 Å². The third-order valence-corrected chi connectivity index (χ3v) is 3.87. The number of rotatable bonds is 5. The summed E-state index contributed by atoms with van der Waals surface area (Å²) in [7, 11) is 5.24. The van der Waals surface area contributed by atoms with Crippen LogP contribution in [0.1, 0.15) is 11.6 Å². The van der Waals surface area contributed by atoms with E-state index >= 15 is 0 Å². The second-order valence-electron chi connectivity index (χ2n) is 3.79. The van der Waals surface area contributed by atoms with E-state index in [1.165, 1.54) is 15.6 Å². The molecule has 0 saturated heterocycles. The molecule has 0 aliphatic carbocycles. The van der Waals surface area contributed by atoms with Crippen LogP contribution in [0.3, 0.4) is 0 Å². The Morgan fingerprint density at radius 3 is 2.59 bits per heavy atom. The summed E-state index contributed by atoms with van der Waals surface area (Å²) in [6, 6.07) is 8.47. The summed E-state index contributed by atoms with van der Waals surface area (Å²) >= 11 is 1.74. The number of hydrogen-bond acceptors (Lipinski definition) is 4. The minimum atomic E-state index is -0.285. The van der Waals surface area contributed by atoms with Gasteiger partial charge in [-0.2, -0.15) is 0 Å². The zero-order valence-corrected chi connectivity index (χ0v) is 11.1. The number of ether oxygens (including phenoxy) is 2. The SMILES string of the molecule is CNC(c1cccc2ccsc12)C(OC)OC. The summed E-state index contributed by atoms with van der Waals surface area (Å²) < 4.78 is 12.0. The van der Waals surface area contributed by atoms with Gasteiger partial charge >= 0.3 is 0 Å². The van der Waals surface area contributed by atoms with Gasteiger partial charge in [-0.15, -0.1) is 11.3 Å². The van der Waals surface area contributed by atoms with Crippen LogP contribution >= 0.6 is 11.3 Å². The number of methoxy groups -OCH3 is 2. The van der Waals surface area contributed by atoms with E-state index in [4.69, 9.17) is 9.47 Å². The minimum absolute atomic E-state index is 0.0346. The summed E-state index contributed by atoms with van der Waals surface area (Å²) in [6.45, 7) is 0. The van der Waals surface area contributed by atoms with Crippen molar-refractivity contribution in [3.63, 3.8) is 0 Å². The molecular weight excluding hydrogens is 234 g/mol. The Bertz CT molecular complexity index is 479. The van der Waals surface area contributed by atoms with Gasteiger partial charge in [0.25, 0.3) is 0 Å². The highest BCUT2D eigenvalue weighted by molar-refractivity contribution is 7.17. The maximum atomic E-state index is 5.35. The van der Waals surface area contributed by atoms with Gasteiger partial charge in [0.2, 0.25) is 0 Å². The van der Waals surface area contributed by atoms with Crippen molar-refractivity contribution in [2.45, 2.75) is 12.3 Å². The van der Waals surface area contributed by atoms with E-state index in [-0.39, 0.29) is 12.3 Å². The van der Waals surface area contributed by atoms with E-state index in [9.17, 15) is 0 Å². The van der Waals surface area contributed by atoms with Crippen LogP contribution in [-0.2, 0) is 9.47 Å². The summed E-state index contributed by atoms with van der Waals surface area (Å²) in [5.74, 6) is 0. The lowest BCUT2D eigenvalue weighted by Gasteiger charge is -2.25. The lowest BCUT2D eigenvalue weighted by atomic mass is 10.0. The fourth-order valence-electron chi connectivity index (χ4n) is 2.07. The van der Waals surface area contributed by atoms with E-state index in [1.54, 1.807) is 25.6 Å². The number of hydrogen-bond donors (Lipinski definition) is 1. The average molecular weight is 251 g/mol. The second kappa shape index (κ2) is 5.60. The van der Waals surface area contributed by atoms with E-state index in [1.807, 2.05) is 7.05 Å². The van der Waals surface area contributed by atoms with Crippen LogP contribution in [0.5, 0.6) is 0 Å². The Morgan fingerprint density at radius 2 is 1.94 bits per heavy atom. The van der Waals surface area contributed by atoms with Crippen molar-refractivity contribution in [1.29, 1.82) is 0 Å². The fraction of sp³-hybridized carbons (Fsp3) is 0.385. The predicted octanol–water partition coefficient (Wildman–Crippen LogP) is 2.78. The molecule has 1 aromatic heterocycles. The lowest BCUT2D eigenvalue weighted by molar-refractivity contribution is -0.122. The molecule has 0 fully saturated rings. The van der Waals surface area contributed by atoms with Crippen LogP contribution in [0.4, 0.5) is 0 Å². The number of likely N-dealkylation sites (N-methyl/N-ethyl adjacent to an activating group) is 1. The van der Waals surface area contributed by atoms with Gasteiger partial charge in [0.1, 0.15) is 0 Å². The van der Waals surface area contributed by atoms with Gasteiger partial charge in [0.15, 0.2) is 6.29 Å². The second-order valence-corrected chi connectivity index (χ2v) is 4.71. The molecule has 0 aliphatic heterocycles.